The summed E-state index contributed by atoms with van der Waals surface area (Å²) in [6.45, 7) is 3.77. The van der Waals surface area contributed by atoms with Gasteiger partial charge in [0.15, 0.2) is 0 Å². The fourth-order valence-electron chi connectivity index (χ4n) is 4.00. The van der Waals surface area contributed by atoms with E-state index in [1.807, 2.05) is 19.9 Å². The Labute approximate surface area is 222 Å². The van der Waals surface area contributed by atoms with Gasteiger partial charge in [-0.15, -0.1) is 0 Å². The topological polar surface area (TPSA) is 173 Å². The van der Waals surface area contributed by atoms with Crippen LogP contribution in [0.4, 0.5) is 23.1 Å². The molecule has 2 unspecified atom stereocenters. The van der Waals surface area contributed by atoms with Crippen LogP contribution in [0.25, 0.3) is 0 Å². The van der Waals surface area contributed by atoms with E-state index in [0.717, 1.165) is 5.56 Å². The third-order valence-corrected chi connectivity index (χ3v) is 8.94. The Kier molecular flexibility index (Phi) is 8.11. The lowest BCUT2D eigenvalue weighted by atomic mass is 10.1. The van der Waals surface area contributed by atoms with Crippen LogP contribution in [0.15, 0.2) is 59.6 Å². The predicted molar refractivity (Wildman–Crippen MR) is 145 cm³/mol. The van der Waals surface area contributed by atoms with Gasteiger partial charge in [0.25, 0.3) is 0 Å². The second-order valence-electron chi connectivity index (χ2n) is 9.17. The van der Waals surface area contributed by atoms with E-state index >= 15 is 0 Å². The largest absolute Gasteiger partial charge is 0.340 e. The summed E-state index contributed by atoms with van der Waals surface area (Å²) in [6, 6.07) is 13.2. The highest BCUT2D eigenvalue weighted by atomic mass is 32.2. The van der Waals surface area contributed by atoms with E-state index in [9.17, 15) is 21.6 Å². The van der Waals surface area contributed by atoms with Crippen LogP contribution in [0.5, 0.6) is 0 Å². The standard InChI is InChI=1S/C25H30N6O5S2/c1-3-7-22(32)20-13-23(20)38(35,36)28-15-17-8-4-5-11-21(17)30-24-16(2)14-27-25(31-24)29-18-9-6-10-19(12-18)37(26,33)34/h4-6,8-12,14,20,23,28H,3,7,13,15H2,1-2H3,(H2,26,33,34)(H2,27,29,30,31). The molecule has 2 atom stereocenters. The molecule has 4 rings (SSSR count). The fraction of sp³-hybridized carbons (Fsp3) is 0.320. The normalized spacial score (nSPS) is 17.1. The smallest absolute Gasteiger partial charge is 0.238 e. The van der Waals surface area contributed by atoms with Gasteiger partial charge in [0.2, 0.25) is 26.0 Å². The fourth-order valence-corrected chi connectivity index (χ4v) is 6.18. The first-order valence-electron chi connectivity index (χ1n) is 12.1. The van der Waals surface area contributed by atoms with Crippen LogP contribution in [0.3, 0.4) is 0 Å². The van der Waals surface area contributed by atoms with Crippen molar-refractivity contribution in [2.45, 2.75) is 49.8 Å². The molecule has 11 nitrogen and oxygen atoms in total. The molecule has 3 aromatic rings. The number of rotatable bonds is 12. The number of carbonyl (C=O) groups is 1. The molecule has 0 bridgehead atoms. The number of ketones is 1. The van der Waals surface area contributed by atoms with Crippen molar-refractivity contribution in [1.82, 2.24) is 14.7 Å². The third kappa shape index (κ3) is 6.72. The van der Waals surface area contributed by atoms with E-state index in [-0.39, 0.29) is 23.2 Å². The summed E-state index contributed by atoms with van der Waals surface area (Å²) in [5.41, 5.74) is 2.52. The van der Waals surface area contributed by atoms with E-state index in [4.69, 9.17) is 5.14 Å². The number of carbonyl (C=O) groups excluding carboxylic acids is 1. The molecule has 1 aromatic heterocycles. The van der Waals surface area contributed by atoms with Gasteiger partial charge < -0.3 is 10.6 Å². The third-order valence-electron chi connectivity index (χ3n) is 6.17. The highest BCUT2D eigenvalue weighted by Crippen LogP contribution is 2.38. The molecule has 202 valence electrons. The van der Waals surface area contributed by atoms with Crippen LogP contribution < -0.4 is 20.5 Å². The zero-order valence-corrected chi connectivity index (χ0v) is 22.6. The molecule has 0 spiro atoms. The van der Waals surface area contributed by atoms with Crippen molar-refractivity contribution in [1.29, 1.82) is 0 Å². The number of para-hydroxylation sites is 1. The predicted octanol–water partition coefficient (Wildman–Crippen LogP) is 3.10. The number of sulfonamides is 2. The summed E-state index contributed by atoms with van der Waals surface area (Å²) in [5.74, 6) is 0.290. The van der Waals surface area contributed by atoms with Crippen molar-refractivity contribution in [3.05, 3.63) is 65.9 Å². The molecule has 5 N–H and O–H groups in total. The molecule has 1 saturated carbocycles. The maximum absolute atomic E-state index is 12.8. The summed E-state index contributed by atoms with van der Waals surface area (Å²) in [5, 5.41) is 10.7. The molecule has 0 saturated heterocycles. The van der Waals surface area contributed by atoms with Crippen LogP contribution >= 0.6 is 0 Å². The molecule has 2 aromatic carbocycles. The Balaban J connectivity index is 1.47. The zero-order valence-electron chi connectivity index (χ0n) is 21.0. The minimum atomic E-state index is -3.86. The number of nitrogens with one attached hydrogen (secondary N) is 3. The van der Waals surface area contributed by atoms with Crippen LogP contribution in [0.1, 0.15) is 37.3 Å². The highest BCUT2D eigenvalue weighted by Gasteiger charge is 2.50. The van der Waals surface area contributed by atoms with Gasteiger partial charge in [0.05, 0.1) is 10.1 Å². The van der Waals surface area contributed by atoms with Crippen LogP contribution in [-0.4, -0.2) is 37.8 Å². The monoisotopic (exact) mass is 558 g/mol. The number of Topliss-reactive ketones (excluding diaryl/α,β-unsaturated/α-hetero) is 1. The molecule has 1 aliphatic rings. The summed E-state index contributed by atoms with van der Waals surface area (Å²) in [4.78, 5) is 20.8. The number of nitrogens with two attached hydrogens (primary N) is 1. The van der Waals surface area contributed by atoms with Gasteiger partial charge in [-0.2, -0.15) is 4.98 Å². The minimum absolute atomic E-state index is 0.00460. The van der Waals surface area contributed by atoms with Gasteiger partial charge in [-0.05, 0) is 49.6 Å². The average molecular weight is 559 g/mol. The lowest BCUT2D eigenvalue weighted by Gasteiger charge is -2.15. The van der Waals surface area contributed by atoms with Crippen molar-refractivity contribution >= 4 is 49.0 Å². The second-order valence-corrected chi connectivity index (χ2v) is 12.7. The first-order chi connectivity index (χ1) is 18.0. The second kappa shape index (κ2) is 11.2. The number of hydrogen-bond acceptors (Lipinski definition) is 9. The number of aromatic nitrogens is 2. The molecule has 1 aliphatic carbocycles. The number of anilines is 4. The summed E-state index contributed by atoms with van der Waals surface area (Å²) >= 11 is 0. The van der Waals surface area contributed by atoms with Crippen molar-refractivity contribution < 1.29 is 21.6 Å². The SMILES string of the molecule is CCCC(=O)C1CC1S(=O)(=O)NCc1ccccc1Nc1nc(Nc2cccc(S(N)(=O)=O)c2)ncc1C. The Hall–Kier alpha value is -3.39. The minimum Gasteiger partial charge on any atom is -0.340 e. The van der Waals surface area contributed by atoms with E-state index in [2.05, 4.69) is 25.3 Å². The summed E-state index contributed by atoms with van der Waals surface area (Å²) < 4.78 is 51.5. The van der Waals surface area contributed by atoms with Crippen LogP contribution in [0.2, 0.25) is 0 Å². The van der Waals surface area contributed by atoms with Gasteiger partial charge in [0, 0.05) is 42.0 Å². The van der Waals surface area contributed by atoms with Gasteiger partial charge in [0.1, 0.15) is 11.6 Å². The molecule has 0 radical (unpaired) electrons. The van der Waals surface area contributed by atoms with E-state index in [0.29, 0.717) is 42.0 Å². The van der Waals surface area contributed by atoms with Crippen LogP contribution in [-0.2, 0) is 31.4 Å². The Morgan fingerprint density at radius 3 is 2.58 bits per heavy atom. The lowest BCUT2D eigenvalue weighted by Crippen LogP contribution is -2.29. The first-order valence-corrected chi connectivity index (χ1v) is 15.2. The van der Waals surface area contributed by atoms with Gasteiger partial charge in [-0.1, -0.05) is 31.2 Å². The van der Waals surface area contributed by atoms with Crippen molar-refractivity contribution in [2.24, 2.45) is 11.1 Å². The van der Waals surface area contributed by atoms with Crippen molar-refractivity contribution in [2.75, 3.05) is 10.6 Å². The number of nitrogens with zero attached hydrogens (tertiary/aromatic N) is 2. The van der Waals surface area contributed by atoms with Gasteiger partial charge >= 0.3 is 0 Å². The first kappa shape index (κ1) is 27.6. The zero-order chi connectivity index (χ0) is 27.5. The van der Waals surface area contributed by atoms with E-state index < -0.39 is 31.2 Å². The molecule has 1 heterocycles. The quantitative estimate of drug-likeness (QED) is 0.260. The summed E-state index contributed by atoms with van der Waals surface area (Å²) in [7, 11) is -7.50. The van der Waals surface area contributed by atoms with Gasteiger partial charge in [-0.25, -0.2) is 31.7 Å². The molecular weight excluding hydrogens is 528 g/mol. The maximum Gasteiger partial charge on any atom is 0.238 e. The Morgan fingerprint density at radius 2 is 1.84 bits per heavy atom. The summed E-state index contributed by atoms with van der Waals surface area (Å²) in [6.07, 6.45) is 3.07. The number of aryl methyl sites for hydroxylation is 1. The number of primary sulfonamides is 1. The number of hydrogen-bond donors (Lipinski definition) is 4. The Bertz CT molecular complexity index is 1560. The van der Waals surface area contributed by atoms with Crippen LogP contribution in [0, 0.1) is 12.8 Å². The molecule has 1 fully saturated rings. The molecule has 0 aliphatic heterocycles. The Morgan fingerprint density at radius 1 is 1.08 bits per heavy atom. The van der Waals surface area contributed by atoms with E-state index in [1.165, 1.54) is 12.1 Å². The number of benzene rings is 2. The molecule has 38 heavy (non-hydrogen) atoms. The molecule has 0 amide bonds. The van der Waals surface area contributed by atoms with E-state index in [1.54, 1.807) is 36.5 Å². The highest BCUT2D eigenvalue weighted by molar-refractivity contribution is 7.90. The van der Waals surface area contributed by atoms with Crippen molar-refractivity contribution in [3.63, 3.8) is 0 Å². The van der Waals surface area contributed by atoms with Crippen molar-refractivity contribution in [3.8, 4) is 0 Å². The van der Waals surface area contributed by atoms with Gasteiger partial charge in [-0.3, -0.25) is 4.79 Å². The average Bonchev–Trinajstić information content (AvgIpc) is 3.68. The maximum atomic E-state index is 12.8. The lowest BCUT2D eigenvalue weighted by molar-refractivity contribution is -0.120. The molecule has 13 heteroatoms. The molecular formula is C25H30N6O5S2.